The van der Waals surface area contributed by atoms with Gasteiger partial charge in [0.05, 0.1) is 7.11 Å². The molecule has 1 heterocycles. The molecule has 0 saturated carbocycles. The van der Waals surface area contributed by atoms with Crippen LogP contribution in [-0.2, 0) is 4.74 Å². The summed E-state index contributed by atoms with van der Waals surface area (Å²) in [5.74, 6) is -5.60. The molecule has 1 aromatic heterocycles. The van der Waals surface area contributed by atoms with Gasteiger partial charge in [-0.3, -0.25) is 0 Å². The number of rotatable bonds is 2. The van der Waals surface area contributed by atoms with Crippen LogP contribution in [0, 0.1) is 17.5 Å². The van der Waals surface area contributed by atoms with E-state index in [0.29, 0.717) is 12.1 Å². The van der Waals surface area contributed by atoms with E-state index in [9.17, 15) is 18.0 Å². The number of carbonyl (C=O) groups is 1. The molecule has 0 saturated heterocycles. The van der Waals surface area contributed by atoms with Gasteiger partial charge in [0, 0.05) is 12.1 Å². The number of benzene rings is 1. The third-order valence-corrected chi connectivity index (χ3v) is 2.01. The van der Waals surface area contributed by atoms with Gasteiger partial charge in [0.25, 0.3) is 5.89 Å². The molecule has 2 aromatic rings. The molecule has 0 spiro atoms. The second-order valence-electron chi connectivity index (χ2n) is 3.15. The Morgan fingerprint density at radius 2 is 1.83 bits per heavy atom. The van der Waals surface area contributed by atoms with Crippen molar-refractivity contribution >= 4 is 5.97 Å². The summed E-state index contributed by atoms with van der Waals surface area (Å²) < 4.78 is 48.4. The van der Waals surface area contributed by atoms with Crippen LogP contribution in [0.15, 0.2) is 16.5 Å². The molecule has 0 aliphatic rings. The minimum Gasteiger partial charge on any atom is -0.462 e. The van der Waals surface area contributed by atoms with Crippen molar-refractivity contribution in [1.82, 2.24) is 10.2 Å². The van der Waals surface area contributed by atoms with Crippen molar-refractivity contribution < 1.29 is 27.1 Å². The van der Waals surface area contributed by atoms with Crippen LogP contribution >= 0.6 is 0 Å². The van der Waals surface area contributed by atoms with Crippen molar-refractivity contribution in [2.75, 3.05) is 7.11 Å². The van der Waals surface area contributed by atoms with Crippen LogP contribution in [0.1, 0.15) is 10.7 Å². The summed E-state index contributed by atoms with van der Waals surface area (Å²) in [4.78, 5) is 11.0. The largest absolute Gasteiger partial charge is 0.462 e. The molecular formula is C10H5F3N2O3. The summed E-state index contributed by atoms with van der Waals surface area (Å²) in [5.41, 5.74) is -0.709. The second-order valence-corrected chi connectivity index (χ2v) is 3.15. The monoisotopic (exact) mass is 258 g/mol. The predicted molar refractivity (Wildman–Crippen MR) is 50.9 cm³/mol. The molecule has 18 heavy (non-hydrogen) atoms. The normalized spacial score (nSPS) is 10.4. The first-order valence-corrected chi connectivity index (χ1v) is 4.59. The van der Waals surface area contributed by atoms with Gasteiger partial charge in [-0.2, -0.15) is 0 Å². The molecule has 5 nitrogen and oxygen atoms in total. The van der Waals surface area contributed by atoms with Gasteiger partial charge in [0.2, 0.25) is 0 Å². The van der Waals surface area contributed by atoms with E-state index >= 15 is 0 Å². The third kappa shape index (κ3) is 2.04. The number of nitrogens with zero attached hydrogens (tertiary/aromatic N) is 2. The quantitative estimate of drug-likeness (QED) is 0.770. The lowest BCUT2D eigenvalue weighted by Crippen LogP contribution is -2.00. The summed E-state index contributed by atoms with van der Waals surface area (Å²) in [7, 11) is 1.07. The lowest BCUT2D eigenvalue weighted by atomic mass is 10.2. The van der Waals surface area contributed by atoms with Crippen molar-refractivity contribution in [1.29, 1.82) is 0 Å². The molecule has 8 heteroatoms. The van der Waals surface area contributed by atoms with Gasteiger partial charge in [-0.25, -0.2) is 18.0 Å². The van der Waals surface area contributed by atoms with Crippen molar-refractivity contribution in [3.05, 3.63) is 35.5 Å². The molecule has 0 aliphatic carbocycles. The van der Waals surface area contributed by atoms with Gasteiger partial charge in [0.15, 0.2) is 0 Å². The number of ether oxygens (including phenoxy) is 1. The Bertz CT molecular complexity index is 589. The van der Waals surface area contributed by atoms with Gasteiger partial charge < -0.3 is 9.15 Å². The highest BCUT2D eigenvalue weighted by molar-refractivity contribution is 5.84. The van der Waals surface area contributed by atoms with E-state index in [4.69, 9.17) is 4.42 Å². The van der Waals surface area contributed by atoms with Gasteiger partial charge in [-0.1, -0.05) is 0 Å². The zero-order valence-corrected chi connectivity index (χ0v) is 8.91. The molecule has 2 rings (SSSR count). The average molecular weight is 258 g/mol. The third-order valence-electron chi connectivity index (χ3n) is 2.01. The van der Waals surface area contributed by atoms with Gasteiger partial charge in [-0.05, 0) is 0 Å². The summed E-state index contributed by atoms with van der Waals surface area (Å²) >= 11 is 0. The molecule has 1 aromatic carbocycles. The van der Waals surface area contributed by atoms with Gasteiger partial charge >= 0.3 is 11.9 Å². The van der Waals surface area contributed by atoms with Crippen molar-refractivity contribution in [2.45, 2.75) is 0 Å². The molecule has 0 radical (unpaired) electrons. The summed E-state index contributed by atoms with van der Waals surface area (Å²) in [6.07, 6.45) is 0. The number of aromatic nitrogens is 2. The lowest BCUT2D eigenvalue weighted by molar-refractivity contribution is 0.0556. The number of hydrogen-bond acceptors (Lipinski definition) is 5. The Kier molecular flexibility index (Phi) is 3.00. The Balaban J connectivity index is 2.49. The predicted octanol–water partition coefficient (Wildman–Crippen LogP) is 1.94. The molecule has 0 bridgehead atoms. The minimum atomic E-state index is -1.22. The molecule has 0 atom stereocenters. The number of hydrogen-bond donors (Lipinski definition) is 0. The fourth-order valence-corrected chi connectivity index (χ4v) is 1.24. The Morgan fingerprint density at radius 3 is 2.39 bits per heavy atom. The zero-order chi connectivity index (χ0) is 13.3. The molecule has 0 amide bonds. The van der Waals surface area contributed by atoms with Gasteiger partial charge in [0.1, 0.15) is 23.0 Å². The lowest BCUT2D eigenvalue weighted by Gasteiger charge is -1.99. The minimum absolute atomic E-state index is 0.459. The van der Waals surface area contributed by atoms with Crippen molar-refractivity contribution in [2.24, 2.45) is 0 Å². The standard InChI is InChI=1S/C10H5F3N2O3/c1-17-10(16)9-15-14-8(18-9)7-5(12)2-4(11)3-6(7)13/h2-3H,1H3. The van der Waals surface area contributed by atoms with Crippen molar-refractivity contribution in [3.8, 4) is 11.5 Å². The van der Waals surface area contributed by atoms with Crippen LogP contribution in [0.5, 0.6) is 0 Å². The van der Waals surface area contributed by atoms with E-state index in [1.165, 1.54) is 0 Å². The van der Waals surface area contributed by atoms with Crippen LogP contribution in [0.25, 0.3) is 11.5 Å². The summed E-state index contributed by atoms with van der Waals surface area (Å²) in [6.45, 7) is 0. The van der Waals surface area contributed by atoms with Gasteiger partial charge in [-0.15, -0.1) is 10.2 Å². The number of halogens is 3. The molecule has 0 fully saturated rings. The SMILES string of the molecule is COC(=O)c1nnc(-c2c(F)cc(F)cc2F)o1. The highest BCUT2D eigenvalue weighted by Gasteiger charge is 2.22. The van der Waals surface area contributed by atoms with Crippen LogP contribution in [-0.4, -0.2) is 23.3 Å². The fraction of sp³-hybridized carbons (Fsp3) is 0.100. The highest BCUT2D eigenvalue weighted by Crippen LogP contribution is 2.25. The molecule has 0 N–H and O–H groups in total. The maximum absolute atomic E-state index is 13.4. The first kappa shape index (κ1) is 12.1. The second kappa shape index (κ2) is 4.47. The van der Waals surface area contributed by atoms with E-state index in [2.05, 4.69) is 14.9 Å². The number of methoxy groups -OCH3 is 1. The average Bonchev–Trinajstić information content (AvgIpc) is 2.76. The maximum Gasteiger partial charge on any atom is 0.396 e. The number of carbonyl (C=O) groups excluding carboxylic acids is 1. The summed E-state index contributed by atoms with van der Waals surface area (Å²) in [6, 6.07) is 0.918. The smallest absolute Gasteiger partial charge is 0.396 e. The van der Waals surface area contributed by atoms with Crippen LogP contribution in [0.4, 0.5) is 13.2 Å². The molecule has 0 unspecified atom stereocenters. The first-order chi connectivity index (χ1) is 8.52. The van der Waals surface area contributed by atoms with Crippen molar-refractivity contribution in [3.63, 3.8) is 0 Å². The Labute approximate surface area is 98.2 Å². The van der Waals surface area contributed by atoms with E-state index in [1.54, 1.807) is 0 Å². The van der Waals surface area contributed by atoms with E-state index in [1.807, 2.05) is 0 Å². The maximum atomic E-state index is 13.4. The molecule has 94 valence electrons. The summed E-state index contributed by atoms with van der Waals surface area (Å²) in [5, 5.41) is 6.54. The zero-order valence-electron chi connectivity index (χ0n) is 8.91. The van der Waals surface area contributed by atoms with Crippen LogP contribution in [0.3, 0.4) is 0 Å². The van der Waals surface area contributed by atoms with Crippen LogP contribution < -0.4 is 0 Å². The van der Waals surface area contributed by atoms with E-state index in [0.717, 1.165) is 7.11 Å². The Morgan fingerprint density at radius 1 is 1.22 bits per heavy atom. The topological polar surface area (TPSA) is 65.2 Å². The highest BCUT2D eigenvalue weighted by atomic mass is 19.1. The number of esters is 1. The van der Waals surface area contributed by atoms with E-state index < -0.39 is 40.8 Å². The molecular weight excluding hydrogens is 253 g/mol. The van der Waals surface area contributed by atoms with Crippen LogP contribution in [0.2, 0.25) is 0 Å². The fourth-order valence-electron chi connectivity index (χ4n) is 1.24. The first-order valence-electron chi connectivity index (χ1n) is 4.59. The molecule has 0 aliphatic heterocycles. The van der Waals surface area contributed by atoms with E-state index in [-0.39, 0.29) is 0 Å². The Hall–Kier alpha value is -2.38.